The smallest absolute Gasteiger partial charge is 0.271 e. The van der Waals surface area contributed by atoms with Crippen LogP contribution in [0.4, 0.5) is 26.3 Å². The van der Waals surface area contributed by atoms with Crippen molar-refractivity contribution in [1.82, 2.24) is 5.43 Å². The molecule has 2 nitrogen and oxygen atoms in total. The van der Waals surface area contributed by atoms with Crippen LogP contribution in [0.1, 0.15) is 25.7 Å². The van der Waals surface area contributed by atoms with Crippen molar-refractivity contribution >= 4 is 0 Å². The summed E-state index contributed by atoms with van der Waals surface area (Å²) in [6, 6.07) is -0.965. The highest BCUT2D eigenvalue weighted by atomic mass is 19.4. The monoisotopic (exact) mass is 238 g/mol. The molecule has 0 bridgehead atoms. The van der Waals surface area contributed by atoms with Crippen molar-refractivity contribution in [3.8, 4) is 0 Å². The van der Waals surface area contributed by atoms with E-state index in [4.69, 9.17) is 5.84 Å². The van der Waals surface area contributed by atoms with E-state index in [1.54, 1.807) is 0 Å². The first-order valence-corrected chi connectivity index (χ1v) is 4.23. The fourth-order valence-electron chi connectivity index (χ4n) is 0.987. The summed E-state index contributed by atoms with van der Waals surface area (Å²) >= 11 is 0. The lowest BCUT2D eigenvalue weighted by molar-refractivity contribution is -0.141. The number of hydrazine groups is 1. The molecule has 3 N–H and O–H groups in total. The molecule has 0 spiro atoms. The average Bonchev–Trinajstić information content (AvgIpc) is 2.00. The molecule has 0 aromatic carbocycles. The van der Waals surface area contributed by atoms with Crippen LogP contribution < -0.4 is 11.3 Å². The van der Waals surface area contributed by atoms with E-state index in [1.165, 1.54) is 0 Å². The van der Waals surface area contributed by atoms with Crippen LogP contribution in [0.25, 0.3) is 0 Å². The maximum absolute atomic E-state index is 11.7. The average molecular weight is 238 g/mol. The molecule has 0 aliphatic carbocycles. The summed E-state index contributed by atoms with van der Waals surface area (Å²) in [6.07, 6.45) is -11.9. The highest BCUT2D eigenvalue weighted by molar-refractivity contribution is 4.68. The van der Waals surface area contributed by atoms with Crippen LogP contribution in [0.15, 0.2) is 0 Å². The first-order valence-electron chi connectivity index (χ1n) is 4.23. The zero-order chi connectivity index (χ0) is 12.1. The Labute approximate surface area is 82.8 Å². The second-order valence-electron chi connectivity index (χ2n) is 3.17. The Morgan fingerprint density at radius 2 is 1.20 bits per heavy atom. The summed E-state index contributed by atoms with van der Waals surface area (Å²) in [5, 5.41) is 0. The number of nitrogens with two attached hydrogens (primary N) is 1. The predicted octanol–water partition coefficient (Wildman–Crippen LogP) is 2.50. The van der Waals surface area contributed by atoms with Crippen LogP contribution in [-0.2, 0) is 0 Å². The van der Waals surface area contributed by atoms with Crippen LogP contribution in [0.5, 0.6) is 0 Å². The molecule has 0 radical (unpaired) electrons. The van der Waals surface area contributed by atoms with Crippen LogP contribution in [0, 0.1) is 0 Å². The largest absolute Gasteiger partial charge is 0.389 e. The van der Waals surface area contributed by atoms with E-state index in [-0.39, 0.29) is 0 Å². The molecular formula is C7H12F6N2. The number of halogens is 6. The molecule has 0 amide bonds. The molecule has 0 heterocycles. The Kier molecular flexibility index (Phi) is 5.36. The van der Waals surface area contributed by atoms with Crippen molar-refractivity contribution in [3.05, 3.63) is 0 Å². The molecular weight excluding hydrogens is 226 g/mol. The molecule has 8 heteroatoms. The zero-order valence-corrected chi connectivity index (χ0v) is 7.75. The SMILES string of the molecule is NNC(CCC(F)(F)F)CCC(F)(F)F. The normalized spacial score (nSPS) is 13.6. The van der Waals surface area contributed by atoms with Gasteiger partial charge in [0.05, 0.1) is 0 Å². The minimum Gasteiger partial charge on any atom is -0.271 e. The molecule has 0 saturated carbocycles. The Morgan fingerprint density at radius 1 is 0.867 bits per heavy atom. The fraction of sp³-hybridized carbons (Fsp3) is 1.00. The fourth-order valence-corrected chi connectivity index (χ4v) is 0.987. The van der Waals surface area contributed by atoms with Gasteiger partial charge in [-0.2, -0.15) is 26.3 Å². The second kappa shape index (κ2) is 5.55. The quantitative estimate of drug-likeness (QED) is 0.438. The summed E-state index contributed by atoms with van der Waals surface area (Å²) in [5.41, 5.74) is 1.95. The van der Waals surface area contributed by atoms with Crippen molar-refractivity contribution in [3.63, 3.8) is 0 Å². The molecule has 0 rings (SSSR count). The minimum absolute atomic E-state index is 0.448. The highest BCUT2D eigenvalue weighted by Gasteiger charge is 2.31. The lowest BCUT2D eigenvalue weighted by Gasteiger charge is -2.17. The molecule has 92 valence electrons. The van der Waals surface area contributed by atoms with Gasteiger partial charge in [-0.3, -0.25) is 11.3 Å². The number of hydrogen-bond donors (Lipinski definition) is 2. The maximum Gasteiger partial charge on any atom is 0.389 e. The van der Waals surface area contributed by atoms with Crippen molar-refractivity contribution in [2.24, 2.45) is 5.84 Å². The predicted molar refractivity (Wildman–Crippen MR) is 41.7 cm³/mol. The van der Waals surface area contributed by atoms with Gasteiger partial charge in [0.15, 0.2) is 0 Å². The summed E-state index contributed by atoms with van der Waals surface area (Å²) in [5.74, 6) is 4.85. The van der Waals surface area contributed by atoms with Gasteiger partial charge in [-0.1, -0.05) is 0 Å². The first kappa shape index (κ1) is 14.5. The van der Waals surface area contributed by atoms with Gasteiger partial charge in [0.1, 0.15) is 0 Å². The number of rotatable bonds is 5. The third-order valence-electron chi connectivity index (χ3n) is 1.79. The van der Waals surface area contributed by atoms with E-state index >= 15 is 0 Å². The number of alkyl halides is 6. The van der Waals surface area contributed by atoms with Crippen molar-refractivity contribution in [2.75, 3.05) is 0 Å². The van der Waals surface area contributed by atoms with Crippen molar-refractivity contribution in [2.45, 2.75) is 44.1 Å². The van der Waals surface area contributed by atoms with Gasteiger partial charge in [0.25, 0.3) is 0 Å². The van der Waals surface area contributed by atoms with E-state index in [1.807, 2.05) is 5.43 Å². The van der Waals surface area contributed by atoms with Crippen molar-refractivity contribution in [1.29, 1.82) is 0 Å². The third-order valence-corrected chi connectivity index (χ3v) is 1.79. The van der Waals surface area contributed by atoms with Crippen molar-refractivity contribution < 1.29 is 26.3 Å². The van der Waals surface area contributed by atoms with Crippen LogP contribution in [0.2, 0.25) is 0 Å². The van der Waals surface area contributed by atoms with Gasteiger partial charge in [-0.05, 0) is 12.8 Å². The van der Waals surface area contributed by atoms with E-state index < -0.39 is 44.1 Å². The van der Waals surface area contributed by atoms with Gasteiger partial charge < -0.3 is 0 Å². The number of nitrogens with one attached hydrogen (secondary N) is 1. The summed E-state index contributed by atoms with van der Waals surface area (Å²) in [7, 11) is 0. The topological polar surface area (TPSA) is 38.0 Å². The van der Waals surface area contributed by atoms with E-state index in [9.17, 15) is 26.3 Å². The van der Waals surface area contributed by atoms with E-state index in [0.717, 1.165) is 0 Å². The standard InChI is InChI=1S/C7H12F6N2/c8-6(9,10)3-1-5(15-14)2-4-7(11,12)13/h5,15H,1-4,14H2. The molecule has 15 heavy (non-hydrogen) atoms. The minimum atomic E-state index is -4.37. The number of hydrogen-bond acceptors (Lipinski definition) is 2. The zero-order valence-electron chi connectivity index (χ0n) is 7.75. The highest BCUT2D eigenvalue weighted by Crippen LogP contribution is 2.26. The Bertz CT molecular complexity index is 157. The van der Waals surface area contributed by atoms with E-state index in [0.29, 0.717) is 0 Å². The summed E-state index contributed by atoms with van der Waals surface area (Å²) < 4.78 is 70.4. The van der Waals surface area contributed by atoms with Gasteiger partial charge in [0.2, 0.25) is 0 Å². The van der Waals surface area contributed by atoms with Gasteiger partial charge in [-0.15, -0.1) is 0 Å². The van der Waals surface area contributed by atoms with Crippen LogP contribution >= 0.6 is 0 Å². The molecule has 0 saturated heterocycles. The van der Waals surface area contributed by atoms with Crippen LogP contribution in [-0.4, -0.2) is 18.4 Å². The summed E-state index contributed by atoms with van der Waals surface area (Å²) in [4.78, 5) is 0. The Morgan fingerprint density at radius 3 is 1.40 bits per heavy atom. The molecule has 0 aromatic rings. The second-order valence-corrected chi connectivity index (χ2v) is 3.17. The van der Waals surface area contributed by atoms with Gasteiger partial charge in [-0.25, -0.2) is 0 Å². The molecule has 0 fully saturated rings. The molecule has 0 aliphatic heterocycles. The third kappa shape index (κ3) is 9.80. The first-order chi connectivity index (χ1) is 6.64. The molecule has 0 atom stereocenters. The Balaban J connectivity index is 3.84. The Hall–Kier alpha value is -0.500. The molecule has 0 aliphatic rings. The van der Waals surface area contributed by atoms with E-state index in [2.05, 4.69) is 0 Å². The molecule has 0 aromatic heterocycles. The summed E-state index contributed by atoms with van der Waals surface area (Å²) in [6.45, 7) is 0. The lowest BCUT2D eigenvalue weighted by Crippen LogP contribution is -2.36. The van der Waals surface area contributed by atoms with Gasteiger partial charge in [0, 0.05) is 18.9 Å². The lowest BCUT2D eigenvalue weighted by atomic mass is 10.1. The molecule has 0 unspecified atom stereocenters. The van der Waals surface area contributed by atoms with Crippen LogP contribution in [0.3, 0.4) is 0 Å². The van der Waals surface area contributed by atoms with Gasteiger partial charge >= 0.3 is 12.4 Å². The maximum atomic E-state index is 11.7.